The number of hydrogen-bond donors (Lipinski definition) is 3. The zero-order chi connectivity index (χ0) is 44.3. The van der Waals surface area contributed by atoms with E-state index in [-0.39, 0.29) is 66.7 Å². The molecule has 2 heterocycles. The van der Waals surface area contributed by atoms with Crippen LogP contribution in [0.3, 0.4) is 0 Å². The van der Waals surface area contributed by atoms with Gasteiger partial charge in [-0.15, -0.1) is 12.3 Å². The molecule has 0 aromatic heterocycles. The average Bonchev–Trinajstić information content (AvgIpc) is 4.00. The fourth-order valence-corrected chi connectivity index (χ4v) is 9.79. The molecule has 0 spiro atoms. The number of hydrogen-bond acceptors (Lipinski definition) is 8. The molecule has 0 unspecified atom stereocenters. The summed E-state index contributed by atoms with van der Waals surface area (Å²) in [6, 6.07) is 5.44. The fraction of sp³-hybridized carbons (Fsp3) is 0.696. The molecule has 4 rings (SSSR count). The number of nitrogens with zero attached hydrogens (tertiary/aromatic N) is 3. The highest BCUT2D eigenvalue weighted by Crippen LogP contribution is 2.43. The molecule has 5 amide bonds. The standard InChI is InChI=1S/C46H69N5O9/c1-10-12-14-21-37(52)51-33-23-22-32(26-33)41(51)44(55)48-39(28(3)4)45(56)49(7)40(29(5)11-2)36(59-8)27-38(53)50-24-17-20-35(50)42(60-9)30(6)43(54)47-34(46(57)58)25-31-18-15-13-16-19-31/h1,13,15-16,18-19,28-30,32-36,39-42H,11-12,14,17,20-27H2,2-9H3,(H,47,54)(H,48,55)(H,57,58)/t29-,30+,32-,33+,34-,35-,36+,39-,40-,41-,42+/m0/s1. The van der Waals surface area contributed by atoms with Crippen LogP contribution in [0.1, 0.15) is 104 Å². The monoisotopic (exact) mass is 836 g/mol. The molecule has 1 aromatic carbocycles. The largest absolute Gasteiger partial charge is 0.480 e. The van der Waals surface area contributed by atoms with Gasteiger partial charge in [0.2, 0.25) is 29.5 Å². The molecule has 1 aromatic rings. The number of piperidine rings is 1. The number of unbranched alkanes of at least 4 members (excludes halogenated alkanes) is 1. The van der Waals surface area contributed by atoms with Gasteiger partial charge in [-0.25, -0.2) is 4.79 Å². The molecule has 2 bridgehead atoms. The summed E-state index contributed by atoms with van der Waals surface area (Å²) in [6.07, 6.45) is 9.84. The van der Waals surface area contributed by atoms with Crippen LogP contribution in [0.5, 0.6) is 0 Å². The predicted octanol–water partition coefficient (Wildman–Crippen LogP) is 4.04. The van der Waals surface area contributed by atoms with E-state index in [0.29, 0.717) is 38.6 Å². The van der Waals surface area contributed by atoms with Crippen molar-refractivity contribution in [3.8, 4) is 12.3 Å². The van der Waals surface area contributed by atoms with Crippen LogP contribution in [0.2, 0.25) is 0 Å². The van der Waals surface area contributed by atoms with Crippen LogP contribution in [0.25, 0.3) is 0 Å². The summed E-state index contributed by atoms with van der Waals surface area (Å²) in [7, 11) is 4.71. The van der Waals surface area contributed by atoms with Crippen LogP contribution in [0.4, 0.5) is 0 Å². The number of amides is 5. The van der Waals surface area contributed by atoms with Crippen molar-refractivity contribution in [3.05, 3.63) is 35.9 Å². The van der Waals surface area contributed by atoms with Crippen LogP contribution >= 0.6 is 0 Å². The second kappa shape index (κ2) is 22.4. The zero-order valence-electron chi connectivity index (χ0n) is 36.9. The maximum atomic E-state index is 14.5. The predicted molar refractivity (Wildman–Crippen MR) is 227 cm³/mol. The Labute approximate surface area is 356 Å². The molecule has 60 heavy (non-hydrogen) atoms. The van der Waals surface area contributed by atoms with Gasteiger partial charge in [0.1, 0.15) is 18.1 Å². The van der Waals surface area contributed by atoms with Crippen molar-refractivity contribution in [1.29, 1.82) is 0 Å². The number of fused-ring (bicyclic) bond motifs is 2. The molecular formula is C46H69N5O9. The van der Waals surface area contributed by atoms with Crippen molar-refractivity contribution in [2.75, 3.05) is 27.8 Å². The normalized spacial score (nSPS) is 23.2. The van der Waals surface area contributed by atoms with Gasteiger partial charge in [0.25, 0.3) is 0 Å². The number of rotatable bonds is 22. The molecule has 14 heteroatoms. The molecule has 14 nitrogen and oxygen atoms in total. The van der Waals surface area contributed by atoms with Crippen LogP contribution in [0, 0.1) is 36.0 Å². The van der Waals surface area contributed by atoms with Crippen LogP contribution in [-0.2, 0) is 44.7 Å². The number of carboxylic acids is 1. The van der Waals surface area contributed by atoms with Crippen LogP contribution in [0.15, 0.2) is 30.3 Å². The first kappa shape index (κ1) is 48.2. The van der Waals surface area contributed by atoms with Crippen LogP contribution < -0.4 is 10.6 Å². The van der Waals surface area contributed by atoms with Gasteiger partial charge in [0.15, 0.2) is 0 Å². The third-order valence-corrected chi connectivity index (χ3v) is 13.2. The minimum atomic E-state index is -1.15. The number of carboxylic acid groups (broad SMARTS) is 1. The number of ether oxygens (including phenoxy) is 2. The smallest absolute Gasteiger partial charge is 0.326 e. The maximum absolute atomic E-state index is 14.5. The summed E-state index contributed by atoms with van der Waals surface area (Å²) >= 11 is 0. The summed E-state index contributed by atoms with van der Waals surface area (Å²) in [6.45, 7) is 9.90. The molecule has 2 aliphatic heterocycles. The van der Waals surface area contributed by atoms with Crippen molar-refractivity contribution < 1.29 is 43.3 Å². The van der Waals surface area contributed by atoms with Crippen molar-refractivity contribution in [2.24, 2.45) is 23.7 Å². The van der Waals surface area contributed by atoms with E-state index >= 15 is 0 Å². The first-order chi connectivity index (χ1) is 28.6. The Morgan fingerprint density at radius 2 is 1.68 bits per heavy atom. The third kappa shape index (κ3) is 11.5. The molecule has 3 fully saturated rings. The molecule has 1 saturated carbocycles. The van der Waals surface area contributed by atoms with E-state index in [9.17, 15) is 33.9 Å². The van der Waals surface area contributed by atoms with Gasteiger partial charge in [-0.2, -0.15) is 0 Å². The van der Waals surface area contributed by atoms with E-state index in [2.05, 4.69) is 16.6 Å². The second-order valence-electron chi connectivity index (χ2n) is 17.4. The molecule has 3 aliphatic rings. The van der Waals surface area contributed by atoms with Gasteiger partial charge >= 0.3 is 5.97 Å². The van der Waals surface area contributed by atoms with Gasteiger partial charge in [0.05, 0.1) is 36.6 Å². The Hall–Kier alpha value is -4.48. The van der Waals surface area contributed by atoms with Crippen molar-refractivity contribution >= 4 is 35.5 Å². The summed E-state index contributed by atoms with van der Waals surface area (Å²) in [5, 5.41) is 15.7. The number of likely N-dealkylation sites (tertiary alicyclic amines) is 2. The van der Waals surface area contributed by atoms with Crippen molar-refractivity contribution in [3.63, 3.8) is 0 Å². The topological polar surface area (TPSA) is 175 Å². The number of carbonyl (C=O) groups is 6. The average molecular weight is 836 g/mol. The zero-order valence-corrected chi connectivity index (χ0v) is 36.9. The Balaban J connectivity index is 1.47. The first-order valence-corrected chi connectivity index (χ1v) is 21.8. The maximum Gasteiger partial charge on any atom is 0.326 e. The SMILES string of the molecule is C#CCCCC(=O)N1[C@@H]2CC[C@@H](C2)[C@H]1C(=O)N[C@H](C(=O)N(C)[C@@H]([C@@H](C)CC)[C@@H](CC(=O)N1CCC[C@H]1[C@H](OC)[C@@H](C)C(=O)N[C@@H](Cc1ccccc1)C(=O)O)OC)C(C)C. The summed E-state index contributed by atoms with van der Waals surface area (Å²) in [5.41, 5.74) is 0.775. The Kier molecular flexibility index (Phi) is 18.0. The summed E-state index contributed by atoms with van der Waals surface area (Å²) in [5.74, 6) is -1.08. The lowest BCUT2D eigenvalue weighted by Crippen LogP contribution is -2.60. The number of likely N-dealkylation sites (N-methyl/N-ethyl adjacent to an activating group) is 1. The van der Waals surface area contributed by atoms with E-state index in [1.807, 2.05) is 58.0 Å². The number of benzene rings is 1. The summed E-state index contributed by atoms with van der Waals surface area (Å²) < 4.78 is 11.9. The molecular weight excluding hydrogens is 767 g/mol. The second-order valence-corrected chi connectivity index (χ2v) is 17.4. The number of nitrogens with one attached hydrogen (secondary N) is 2. The lowest BCUT2D eigenvalue weighted by atomic mass is 9.89. The molecule has 3 N–H and O–H groups in total. The van der Waals surface area contributed by atoms with E-state index in [1.165, 1.54) is 14.2 Å². The summed E-state index contributed by atoms with van der Waals surface area (Å²) in [4.78, 5) is 87.0. The van der Waals surface area contributed by atoms with Crippen LogP contribution in [-0.4, -0.2) is 132 Å². The van der Waals surface area contributed by atoms with E-state index in [1.54, 1.807) is 28.7 Å². The molecule has 332 valence electrons. The van der Waals surface area contributed by atoms with Gasteiger partial charge in [-0.3, -0.25) is 24.0 Å². The van der Waals surface area contributed by atoms with E-state index in [4.69, 9.17) is 15.9 Å². The third-order valence-electron chi connectivity index (χ3n) is 13.2. The first-order valence-electron chi connectivity index (χ1n) is 21.8. The molecule has 11 atom stereocenters. The van der Waals surface area contributed by atoms with Gasteiger partial charge in [-0.1, -0.05) is 71.4 Å². The highest BCUT2D eigenvalue weighted by atomic mass is 16.5. The fourth-order valence-electron chi connectivity index (χ4n) is 9.79. The van der Waals surface area contributed by atoms with E-state index < -0.39 is 60.2 Å². The van der Waals surface area contributed by atoms with Crippen molar-refractivity contribution in [2.45, 2.75) is 154 Å². The Bertz CT molecular complexity index is 1680. The lowest BCUT2D eigenvalue weighted by molar-refractivity contribution is -0.149. The Morgan fingerprint density at radius 1 is 0.983 bits per heavy atom. The molecule has 0 radical (unpaired) electrons. The lowest BCUT2D eigenvalue weighted by Gasteiger charge is -2.41. The van der Waals surface area contributed by atoms with Gasteiger partial charge < -0.3 is 39.9 Å². The van der Waals surface area contributed by atoms with Gasteiger partial charge in [-0.05, 0) is 61.8 Å². The van der Waals surface area contributed by atoms with Crippen molar-refractivity contribution in [1.82, 2.24) is 25.3 Å². The highest BCUT2D eigenvalue weighted by Gasteiger charge is 2.52. The quantitative estimate of drug-likeness (QED) is 0.115. The van der Waals surface area contributed by atoms with E-state index in [0.717, 1.165) is 24.8 Å². The number of aliphatic carboxylic acids is 1. The molecule has 2 saturated heterocycles. The van der Waals surface area contributed by atoms with Gasteiger partial charge in [0, 0.05) is 53.1 Å². The highest BCUT2D eigenvalue weighted by molar-refractivity contribution is 5.93. The minimum Gasteiger partial charge on any atom is -0.480 e. The molecule has 1 aliphatic carbocycles. The number of carbonyl (C=O) groups excluding carboxylic acids is 5. The Morgan fingerprint density at radius 3 is 2.28 bits per heavy atom. The minimum absolute atomic E-state index is 0.0127. The number of terminal acetylenes is 1. The number of methoxy groups -OCH3 is 2.